The molecule has 1 fully saturated rings. The Labute approximate surface area is 167 Å². The van der Waals surface area contributed by atoms with Gasteiger partial charge in [-0.2, -0.15) is 13.2 Å². The van der Waals surface area contributed by atoms with Crippen LogP contribution in [0, 0.1) is 13.8 Å². The largest absolute Gasteiger partial charge is 0.460 e. The molecular weight excluding hydrogens is 407 g/mol. The Bertz CT molecular complexity index is 935. The first-order valence-electron chi connectivity index (χ1n) is 9.21. The SMILES string of the molecule is Cc1cc(C)nc(OC2CCC(NS(=O)(=O)c3ccc(C(F)(F)F)cc3)CC2)n1. The summed E-state index contributed by atoms with van der Waals surface area (Å²) in [6, 6.07) is 5.33. The van der Waals surface area contributed by atoms with Gasteiger partial charge < -0.3 is 4.74 Å². The standard InChI is InChI=1S/C19H22F3N3O3S/c1-12-11-13(2)24-18(23-12)28-16-7-5-15(6-8-16)25-29(26,27)17-9-3-14(4-10-17)19(20,21)22/h3-4,9-11,15-16,25H,5-8H2,1-2H3. The lowest BCUT2D eigenvalue weighted by atomic mass is 9.94. The van der Waals surface area contributed by atoms with Gasteiger partial charge in [0.25, 0.3) is 0 Å². The van der Waals surface area contributed by atoms with Gasteiger partial charge in [-0.15, -0.1) is 0 Å². The van der Waals surface area contributed by atoms with Crippen LogP contribution in [0.4, 0.5) is 13.2 Å². The summed E-state index contributed by atoms with van der Waals surface area (Å²) in [5, 5.41) is 0. The minimum atomic E-state index is -4.51. The molecule has 1 aliphatic carbocycles. The molecule has 29 heavy (non-hydrogen) atoms. The number of nitrogens with one attached hydrogen (secondary N) is 1. The third-order valence-corrected chi connectivity index (χ3v) is 6.26. The third kappa shape index (κ3) is 5.66. The van der Waals surface area contributed by atoms with E-state index in [4.69, 9.17) is 4.74 Å². The van der Waals surface area contributed by atoms with E-state index in [9.17, 15) is 21.6 Å². The van der Waals surface area contributed by atoms with E-state index in [0.29, 0.717) is 31.7 Å². The molecular formula is C19H22F3N3O3S. The van der Waals surface area contributed by atoms with Crippen molar-refractivity contribution < 1.29 is 26.3 Å². The second-order valence-corrected chi connectivity index (χ2v) is 8.88. The van der Waals surface area contributed by atoms with E-state index in [1.165, 1.54) is 0 Å². The van der Waals surface area contributed by atoms with Crippen molar-refractivity contribution in [3.05, 3.63) is 47.3 Å². The average molecular weight is 429 g/mol. The van der Waals surface area contributed by atoms with Crippen LogP contribution in [0.5, 0.6) is 6.01 Å². The van der Waals surface area contributed by atoms with Crippen LogP contribution in [0.15, 0.2) is 35.2 Å². The Morgan fingerprint density at radius 2 is 1.55 bits per heavy atom. The Morgan fingerprint density at radius 1 is 1.00 bits per heavy atom. The maximum absolute atomic E-state index is 12.6. The van der Waals surface area contributed by atoms with Crippen LogP contribution >= 0.6 is 0 Å². The number of aryl methyl sites for hydroxylation is 2. The summed E-state index contributed by atoms with van der Waals surface area (Å²) in [6.45, 7) is 3.71. The normalized spacial score (nSPS) is 20.4. The number of nitrogens with zero attached hydrogens (tertiary/aromatic N) is 2. The van der Waals surface area contributed by atoms with Crippen LogP contribution < -0.4 is 9.46 Å². The van der Waals surface area contributed by atoms with E-state index < -0.39 is 21.8 Å². The topological polar surface area (TPSA) is 81.2 Å². The van der Waals surface area contributed by atoms with Crippen molar-refractivity contribution in [1.29, 1.82) is 0 Å². The molecule has 0 aliphatic heterocycles. The molecule has 1 aliphatic rings. The van der Waals surface area contributed by atoms with Crippen molar-refractivity contribution in [2.24, 2.45) is 0 Å². The number of ether oxygens (including phenoxy) is 1. The fourth-order valence-corrected chi connectivity index (χ4v) is 4.61. The van der Waals surface area contributed by atoms with Crippen LogP contribution in [0.2, 0.25) is 0 Å². The van der Waals surface area contributed by atoms with Gasteiger partial charge in [0.2, 0.25) is 10.0 Å². The quantitative estimate of drug-likeness (QED) is 0.782. The van der Waals surface area contributed by atoms with Crippen LogP contribution in [0.3, 0.4) is 0 Å². The van der Waals surface area contributed by atoms with Gasteiger partial charge in [0.15, 0.2) is 0 Å². The van der Waals surface area contributed by atoms with Crippen molar-refractivity contribution in [3.8, 4) is 6.01 Å². The highest BCUT2D eigenvalue weighted by Gasteiger charge is 2.31. The van der Waals surface area contributed by atoms with E-state index in [2.05, 4.69) is 14.7 Å². The Hall–Kier alpha value is -2.20. The molecule has 0 unspecified atom stereocenters. The summed E-state index contributed by atoms with van der Waals surface area (Å²) in [5.74, 6) is 0. The lowest BCUT2D eigenvalue weighted by Crippen LogP contribution is -2.39. The number of halogens is 3. The zero-order valence-corrected chi connectivity index (χ0v) is 16.8. The first kappa shape index (κ1) is 21.5. The van der Waals surface area contributed by atoms with Crippen LogP contribution in [0.25, 0.3) is 0 Å². The van der Waals surface area contributed by atoms with E-state index in [-0.39, 0.29) is 17.0 Å². The lowest BCUT2D eigenvalue weighted by Gasteiger charge is -2.28. The molecule has 6 nitrogen and oxygen atoms in total. The average Bonchev–Trinajstić information content (AvgIpc) is 2.62. The van der Waals surface area contributed by atoms with Crippen LogP contribution in [-0.2, 0) is 16.2 Å². The highest BCUT2D eigenvalue weighted by atomic mass is 32.2. The van der Waals surface area contributed by atoms with Gasteiger partial charge in [-0.25, -0.2) is 23.1 Å². The minimum Gasteiger partial charge on any atom is -0.460 e. The Balaban J connectivity index is 1.57. The number of hydrogen-bond donors (Lipinski definition) is 1. The molecule has 1 saturated carbocycles. The van der Waals surface area contributed by atoms with Gasteiger partial charge >= 0.3 is 12.2 Å². The molecule has 1 aromatic heterocycles. The molecule has 0 saturated heterocycles. The zero-order chi connectivity index (χ0) is 21.2. The molecule has 2 aromatic rings. The molecule has 0 amide bonds. The van der Waals surface area contributed by atoms with Crippen LogP contribution in [-0.4, -0.2) is 30.5 Å². The number of benzene rings is 1. The summed E-state index contributed by atoms with van der Waals surface area (Å²) in [5.41, 5.74) is 0.735. The number of hydrogen-bond acceptors (Lipinski definition) is 5. The lowest BCUT2D eigenvalue weighted by molar-refractivity contribution is -0.137. The highest BCUT2D eigenvalue weighted by molar-refractivity contribution is 7.89. The van der Waals surface area contributed by atoms with Crippen molar-refractivity contribution in [2.75, 3.05) is 0 Å². The molecule has 0 spiro atoms. The first-order valence-corrected chi connectivity index (χ1v) is 10.7. The third-order valence-electron chi connectivity index (χ3n) is 4.72. The molecule has 3 rings (SSSR count). The Kier molecular flexibility index (Phi) is 6.13. The molecule has 1 aromatic carbocycles. The zero-order valence-electron chi connectivity index (χ0n) is 16.0. The highest BCUT2D eigenvalue weighted by Crippen LogP contribution is 2.30. The Morgan fingerprint density at radius 3 is 2.07 bits per heavy atom. The summed E-state index contributed by atoms with van der Waals surface area (Å²) >= 11 is 0. The van der Waals surface area contributed by atoms with Gasteiger partial charge in [-0.3, -0.25) is 0 Å². The second kappa shape index (κ2) is 8.27. The fraction of sp³-hybridized carbons (Fsp3) is 0.474. The van der Waals surface area contributed by atoms with E-state index in [1.54, 1.807) is 0 Å². The maximum Gasteiger partial charge on any atom is 0.416 e. The molecule has 0 atom stereocenters. The van der Waals surface area contributed by atoms with Crippen molar-refractivity contribution in [3.63, 3.8) is 0 Å². The summed E-state index contributed by atoms with van der Waals surface area (Å²) < 4.78 is 71.2. The van der Waals surface area contributed by atoms with E-state index in [0.717, 1.165) is 35.7 Å². The molecule has 1 N–H and O–H groups in total. The molecule has 158 valence electrons. The predicted octanol–water partition coefficient (Wildman–Crippen LogP) is 3.78. The summed E-state index contributed by atoms with van der Waals surface area (Å²) in [4.78, 5) is 8.30. The molecule has 0 radical (unpaired) electrons. The number of sulfonamides is 1. The maximum atomic E-state index is 12.6. The van der Waals surface area contributed by atoms with Gasteiger partial charge in [0, 0.05) is 17.4 Å². The first-order chi connectivity index (χ1) is 13.5. The summed E-state index contributed by atoms with van der Waals surface area (Å²) in [6.07, 6.45) is -2.27. The molecule has 0 bridgehead atoms. The van der Waals surface area contributed by atoms with Gasteiger partial charge in [-0.05, 0) is 69.9 Å². The van der Waals surface area contributed by atoms with Crippen molar-refractivity contribution in [2.45, 2.75) is 62.7 Å². The van der Waals surface area contributed by atoms with Gasteiger partial charge in [0.05, 0.1) is 10.5 Å². The monoisotopic (exact) mass is 429 g/mol. The minimum absolute atomic E-state index is 0.108. The van der Waals surface area contributed by atoms with E-state index in [1.807, 2.05) is 19.9 Å². The van der Waals surface area contributed by atoms with Crippen molar-refractivity contribution in [1.82, 2.24) is 14.7 Å². The van der Waals surface area contributed by atoms with E-state index >= 15 is 0 Å². The van der Waals surface area contributed by atoms with Crippen molar-refractivity contribution >= 4 is 10.0 Å². The fourth-order valence-electron chi connectivity index (χ4n) is 3.30. The molecule has 1 heterocycles. The molecule has 10 heteroatoms. The second-order valence-electron chi connectivity index (χ2n) is 7.17. The van der Waals surface area contributed by atoms with Gasteiger partial charge in [0.1, 0.15) is 6.10 Å². The smallest absolute Gasteiger partial charge is 0.416 e. The predicted molar refractivity (Wildman–Crippen MR) is 99.9 cm³/mol. The van der Waals surface area contributed by atoms with Gasteiger partial charge in [-0.1, -0.05) is 0 Å². The summed E-state index contributed by atoms with van der Waals surface area (Å²) in [7, 11) is -3.89. The van der Waals surface area contributed by atoms with Crippen LogP contribution in [0.1, 0.15) is 42.6 Å². The number of alkyl halides is 3. The number of rotatable bonds is 5. The number of aromatic nitrogens is 2.